The van der Waals surface area contributed by atoms with Gasteiger partial charge in [0.25, 0.3) is 0 Å². The molecule has 3 aromatic heterocycles. The smallest absolute Gasteiger partial charge is 0.244 e. The number of amides is 1. The quantitative estimate of drug-likeness (QED) is 0.471. The van der Waals surface area contributed by atoms with Crippen LogP contribution in [-0.4, -0.2) is 43.6 Å². The Morgan fingerprint density at radius 2 is 1.84 bits per heavy atom. The van der Waals surface area contributed by atoms with Gasteiger partial charge in [-0.05, 0) is 32.0 Å². The predicted octanol–water partition coefficient (Wildman–Crippen LogP) is 4.31. The van der Waals surface area contributed by atoms with Gasteiger partial charge in [0.2, 0.25) is 5.91 Å². The van der Waals surface area contributed by atoms with E-state index in [9.17, 15) is 4.79 Å². The number of pyridine rings is 1. The van der Waals surface area contributed by atoms with E-state index < -0.39 is 0 Å². The number of carbonyl (C=O) groups is 1. The lowest BCUT2D eigenvalue weighted by Crippen LogP contribution is -2.36. The fraction of sp³-hybridized carbons (Fsp3) is 0.280. The van der Waals surface area contributed by atoms with Crippen LogP contribution < -0.4 is 0 Å². The number of thiazole rings is 1. The van der Waals surface area contributed by atoms with Crippen molar-refractivity contribution in [1.29, 1.82) is 0 Å². The van der Waals surface area contributed by atoms with Crippen LogP contribution in [0.25, 0.3) is 22.5 Å². The van der Waals surface area contributed by atoms with Crippen molar-refractivity contribution in [2.75, 3.05) is 13.1 Å². The Morgan fingerprint density at radius 3 is 2.66 bits per heavy atom. The highest BCUT2D eigenvalue weighted by atomic mass is 32.1. The van der Waals surface area contributed by atoms with E-state index in [1.165, 1.54) is 4.88 Å². The summed E-state index contributed by atoms with van der Waals surface area (Å²) in [6.07, 6.45) is 3.49. The van der Waals surface area contributed by atoms with E-state index >= 15 is 0 Å². The first-order valence-corrected chi connectivity index (χ1v) is 11.7. The topological polar surface area (TPSA) is 63.9 Å². The van der Waals surface area contributed by atoms with E-state index in [2.05, 4.69) is 16.0 Å². The zero-order valence-electron chi connectivity index (χ0n) is 18.3. The number of rotatable bonds is 4. The van der Waals surface area contributed by atoms with E-state index in [0.717, 1.165) is 58.3 Å². The SMILES string of the molecule is Cc1cc(-c2cc(-c3ccccc3)nn2CC(=O)N2CCc3nc(C)sc3CC2)ccn1. The molecule has 0 radical (unpaired) electrons. The molecule has 6 nitrogen and oxygen atoms in total. The van der Waals surface area contributed by atoms with Gasteiger partial charge in [0.05, 0.1) is 22.1 Å². The van der Waals surface area contributed by atoms with Gasteiger partial charge in [0.1, 0.15) is 6.54 Å². The van der Waals surface area contributed by atoms with Crippen LogP contribution in [0.1, 0.15) is 21.3 Å². The van der Waals surface area contributed by atoms with Gasteiger partial charge in [0.15, 0.2) is 0 Å². The minimum atomic E-state index is 0.0895. The molecule has 0 aliphatic carbocycles. The van der Waals surface area contributed by atoms with E-state index in [0.29, 0.717) is 6.54 Å². The number of carbonyl (C=O) groups excluding carboxylic acids is 1. The Morgan fingerprint density at radius 1 is 1.03 bits per heavy atom. The van der Waals surface area contributed by atoms with E-state index in [4.69, 9.17) is 5.10 Å². The summed E-state index contributed by atoms with van der Waals surface area (Å²) >= 11 is 1.75. The van der Waals surface area contributed by atoms with Crippen LogP contribution in [0.3, 0.4) is 0 Å². The number of nitrogens with zero attached hydrogens (tertiary/aromatic N) is 5. The number of benzene rings is 1. The first-order chi connectivity index (χ1) is 15.6. The summed E-state index contributed by atoms with van der Waals surface area (Å²) in [5, 5.41) is 5.93. The molecular formula is C25H25N5OS. The standard InChI is InChI=1S/C25H25N5OS/c1-17-14-20(8-11-26-17)23-15-22(19-6-4-3-5-7-19)28-30(23)16-25(31)29-12-9-21-24(10-13-29)32-18(2)27-21/h3-8,11,14-15H,9-10,12-13,16H2,1-2H3. The van der Waals surface area contributed by atoms with Gasteiger partial charge < -0.3 is 4.90 Å². The summed E-state index contributed by atoms with van der Waals surface area (Å²) in [4.78, 5) is 25.5. The maximum Gasteiger partial charge on any atom is 0.244 e. The molecule has 0 fully saturated rings. The number of hydrogen-bond donors (Lipinski definition) is 0. The number of hydrogen-bond acceptors (Lipinski definition) is 5. The largest absolute Gasteiger partial charge is 0.340 e. The van der Waals surface area contributed by atoms with Crippen molar-refractivity contribution < 1.29 is 4.79 Å². The molecule has 0 atom stereocenters. The monoisotopic (exact) mass is 443 g/mol. The van der Waals surface area contributed by atoms with Crippen LogP contribution in [-0.2, 0) is 24.2 Å². The molecule has 0 bridgehead atoms. The highest BCUT2D eigenvalue weighted by molar-refractivity contribution is 7.11. The maximum absolute atomic E-state index is 13.3. The second kappa shape index (κ2) is 8.67. The average Bonchev–Trinajstić information content (AvgIpc) is 3.31. The average molecular weight is 444 g/mol. The molecule has 32 heavy (non-hydrogen) atoms. The number of aryl methyl sites for hydroxylation is 2. The van der Waals surface area contributed by atoms with Gasteiger partial charge in [-0.3, -0.25) is 14.5 Å². The third-order valence-electron chi connectivity index (χ3n) is 5.79. The maximum atomic E-state index is 13.3. The summed E-state index contributed by atoms with van der Waals surface area (Å²) in [7, 11) is 0. The minimum absolute atomic E-state index is 0.0895. The lowest BCUT2D eigenvalue weighted by Gasteiger charge is -2.21. The first-order valence-electron chi connectivity index (χ1n) is 10.9. The van der Waals surface area contributed by atoms with Gasteiger partial charge >= 0.3 is 0 Å². The molecule has 1 aromatic carbocycles. The molecule has 4 aromatic rings. The molecule has 1 aliphatic heterocycles. The zero-order valence-corrected chi connectivity index (χ0v) is 19.1. The van der Waals surface area contributed by atoms with Crippen LogP contribution in [0.2, 0.25) is 0 Å². The Hall–Kier alpha value is -3.32. The van der Waals surface area contributed by atoms with Crippen molar-refractivity contribution >= 4 is 17.2 Å². The molecule has 0 N–H and O–H groups in total. The molecule has 7 heteroatoms. The Labute approximate surface area is 191 Å². The van der Waals surface area contributed by atoms with E-state index in [1.54, 1.807) is 17.5 Å². The van der Waals surface area contributed by atoms with Gasteiger partial charge in [0, 0.05) is 53.8 Å². The van der Waals surface area contributed by atoms with Crippen LogP contribution in [0.5, 0.6) is 0 Å². The van der Waals surface area contributed by atoms with Crippen molar-refractivity contribution in [2.24, 2.45) is 0 Å². The van der Waals surface area contributed by atoms with Crippen molar-refractivity contribution in [2.45, 2.75) is 33.2 Å². The summed E-state index contributed by atoms with van der Waals surface area (Å²) < 4.78 is 1.84. The second-order valence-corrected chi connectivity index (χ2v) is 9.40. The molecule has 4 heterocycles. The normalized spacial score (nSPS) is 13.6. The molecular weight excluding hydrogens is 418 g/mol. The van der Waals surface area contributed by atoms with Crippen LogP contribution in [0.15, 0.2) is 54.7 Å². The molecule has 0 unspecified atom stereocenters. The molecule has 162 valence electrons. The van der Waals surface area contributed by atoms with Gasteiger partial charge in [-0.15, -0.1) is 11.3 Å². The third kappa shape index (κ3) is 4.21. The summed E-state index contributed by atoms with van der Waals surface area (Å²) in [6, 6.07) is 16.1. The van der Waals surface area contributed by atoms with Crippen molar-refractivity contribution in [3.63, 3.8) is 0 Å². The lowest BCUT2D eigenvalue weighted by atomic mass is 10.1. The molecule has 0 saturated carbocycles. The molecule has 1 amide bonds. The minimum Gasteiger partial charge on any atom is -0.340 e. The highest BCUT2D eigenvalue weighted by Gasteiger charge is 2.23. The van der Waals surface area contributed by atoms with E-state index in [1.807, 2.05) is 65.9 Å². The molecule has 0 spiro atoms. The van der Waals surface area contributed by atoms with Crippen LogP contribution in [0, 0.1) is 13.8 Å². The van der Waals surface area contributed by atoms with Gasteiger partial charge in [-0.2, -0.15) is 5.10 Å². The van der Waals surface area contributed by atoms with Gasteiger partial charge in [-0.1, -0.05) is 30.3 Å². The molecule has 5 rings (SSSR count). The highest BCUT2D eigenvalue weighted by Crippen LogP contribution is 2.27. The Kier molecular flexibility index (Phi) is 5.57. The van der Waals surface area contributed by atoms with Crippen LogP contribution >= 0.6 is 11.3 Å². The predicted molar refractivity (Wildman–Crippen MR) is 126 cm³/mol. The van der Waals surface area contributed by atoms with Crippen molar-refractivity contribution in [3.05, 3.63) is 76.0 Å². The Bertz CT molecular complexity index is 1240. The molecule has 1 aliphatic rings. The van der Waals surface area contributed by atoms with Gasteiger partial charge in [-0.25, -0.2) is 4.98 Å². The van der Waals surface area contributed by atoms with E-state index in [-0.39, 0.29) is 12.5 Å². The summed E-state index contributed by atoms with van der Waals surface area (Å²) in [6.45, 7) is 5.66. The Balaban J connectivity index is 1.42. The lowest BCUT2D eigenvalue weighted by molar-refractivity contribution is -0.131. The van der Waals surface area contributed by atoms with Crippen molar-refractivity contribution in [3.8, 4) is 22.5 Å². The fourth-order valence-corrected chi connectivity index (χ4v) is 5.17. The third-order valence-corrected chi connectivity index (χ3v) is 6.87. The number of fused-ring (bicyclic) bond motifs is 1. The fourth-order valence-electron chi connectivity index (χ4n) is 4.19. The summed E-state index contributed by atoms with van der Waals surface area (Å²) in [5.74, 6) is 0.0895. The first kappa shape index (κ1) is 20.6. The summed E-state index contributed by atoms with van der Waals surface area (Å²) in [5.41, 5.74) is 5.92. The second-order valence-electron chi connectivity index (χ2n) is 8.11. The number of aromatic nitrogens is 4. The molecule has 0 saturated heterocycles. The van der Waals surface area contributed by atoms with Crippen molar-refractivity contribution in [1.82, 2.24) is 24.6 Å². The zero-order chi connectivity index (χ0) is 22.1. The van der Waals surface area contributed by atoms with Crippen LogP contribution in [0.4, 0.5) is 0 Å².